The number of aromatic nitrogens is 3. The van der Waals surface area contributed by atoms with Gasteiger partial charge in [0.25, 0.3) is 0 Å². The number of carbonyl (C=O) groups is 1. The molecule has 0 aliphatic carbocycles. The van der Waals surface area contributed by atoms with Crippen molar-refractivity contribution < 1.29 is 14.3 Å². The number of hydrogen-bond acceptors (Lipinski definition) is 5. The SMILES string of the molecule is CCOC(=O)c1nnc(C)n1C1CCOC1C. The highest BCUT2D eigenvalue weighted by atomic mass is 16.5. The molecular weight excluding hydrogens is 222 g/mol. The first-order valence-corrected chi connectivity index (χ1v) is 5.85. The zero-order valence-electron chi connectivity index (χ0n) is 10.3. The molecular formula is C11H17N3O3. The van der Waals surface area contributed by atoms with Crippen molar-refractivity contribution in [2.75, 3.05) is 13.2 Å². The fraction of sp³-hybridized carbons (Fsp3) is 0.727. The van der Waals surface area contributed by atoms with Gasteiger partial charge < -0.3 is 9.47 Å². The Bertz CT molecular complexity index is 416. The molecule has 0 bridgehead atoms. The lowest BCUT2D eigenvalue weighted by Crippen LogP contribution is -2.23. The Morgan fingerprint density at radius 1 is 1.59 bits per heavy atom. The predicted molar refractivity (Wildman–Crippen MR) is 59.8 cm³/mol. The van der Waals surface area contributed by atoms with Crippen molar-refractivity contribution in [3.8, 4) is 0 Å². The summed E-state index contributed by atoms with van der Waals surface area (Å²) in [7, 11) is 0. The van der Waals surface area contributed by atoms with Gasteiger partial charge in [-0.3, -0.25) is 4.57 Å². The van der Waals surface area contributed by atoms with E-state index < -0.39 is 5.97 Å². The number of esters is 1. The summed E-state index contributed by atoms with van der Waals surface area (Å²) in [6, 6.07) is 0.115. The Labute approximate surface area is 99.9 Å². The van der Waals surface area contributed by atoms with E-state index in [0.717, 1.165) is 12.2 Å². The molecule has 0 N–H and O–H groups in total. The summed E-state index contributed by atoms with van der Waals surface area (Å²) in [6.07, 6.45) is 0.935. The summed E-state index contributed by atoms with van der Waals surface area (Å²) < 4.78 is 12.3. The Morgan fingerprint density at radius 3 is 2.94 bits per heavy atom. The summed E-state index contributed by atoms with van der Waals surface area (Å²) in [4.78, 5) is 11.8. The van der Waals surface area contributed by atoms with Crippen molar-refractivity contribution in [2.45, 2.75) is 39.3 Å². The van der Waals surface area contributed by atoms with Gasteiger partial charge in [-0.1, -0.05) is 0 Å². The van der Waals surface area contributed by atoms with Crippen molar-refractivity contribution in [1.29, 1.82) is 0 Å². The Hall–Kier alpha value is -1.43. The molecule has 0 amide bonds. The van der Waals surface area contributed by atoms with E-state index in [4.69, 9.17) is 9.47 Å². The molecule has 2 heterocycles. The van der Waals surface area contributed by atoms with Crippen molar-refractivity contribution in [3.63, 3.8) is 0 Å². The first-order chi connectivity index (χ1) is 8.15. The Balaban J connectivity index is 2.32. The molecule has 0 saturated carbocycles. The maximum absolute atomic E-state index is 11.8. The van der Waals surface area contributed by atoms with Crippen LogP contribution in [0.25, 0.3) is 0 Å². The average molecular weight is 239 g/mol. The van der Waals surface area contributed by atoms with Crippen LogP contribution < -0.4 is 0 Å². The third-order valence-corrected chi connectivity index (χ3v) is 2.99. The van der Waals surface area contributed by atoms with Crippen LogP contribution in [-0.4, -0.2) is 40.1 Å². The highest BCUT2D eigenvalue weighted by molar-refractivity contribution is 5.85. The minimum absolute atomic E-state index is 0.0675. The Kier molecular flexibility index (Phi) is 3.42. The van der Waals surface area contributed by atoms with E-state index in [1.165, 1.54) is 0 Å². The second kappa shape index (κ2) is 4.83. The molecule has 94 valence electrons. The lowest BCUT2D eigenvalue weighted by atomic mass is 10.1. The number of carbonyl (C=O) groups excluding carboxylic acids is 1. The summed E-state index contributed by atoms with van der Waals surface area (Å²) in [6.45, 7) is 6.63. The molecule has 6 heteroatoms. The molecule has 0 spiro atoms. The molecule has 6 nitrogen and oxygen atoms in total. The molecule has 1 fully saturated rings. The van der Waals surface area contributed by atoms with Gasteiger partial charge in [0.1, 0.15) is 5.82 Å². The van der Waals surface area contributed by atoms with Crippen LogP contribution in [0.3, 0.4) is 0 Å². The summed E-state index contributed by atoms with van der Waals surface area (Å²) in [5, 5.41) is 7.85. The zero-order chi connectivity index (χ0) is 12.4. The first kappa shape index (κ1) is 12.0. The molecule has 1 saturated heterocycles. The lowest BCUT2D eigenvalue weighted by molar-refractivity contribution is 0.0497. The highest BCUT2D eigenvalue weighted by Crippen LogP contribution is 2.27. The molecule has 0 aromatic carbocycles. The molecule has 1 aromatic rings. The van der Waals surface area contributed by atoms with Crippen LogP contribution in [0.15, 0.2) is 0 Å². The van der Waals surface area contributed by atoms with Crippen LogP contribution in [0.4, 0.5) is 0 Å². The van der Waals surface area contributed by atoms with Gasteiger partial charge >= 0.3 is 5.97 Å². The second-order valence-corrected chi connectivity index (χ2v) is 4.09. The third-order valence-electron chi connectivity index (χ3n) is 2.99. The van der Waals surface area contributed by atoms with Gasteiger partial charge in [0, 0.05) is 6.61 Å². The van der Waals surface area contributed by atoms with E-state index in [2.05, 4.69) is 10.2 Å². The van der Waals surface area contributed by atoms with Crippen LogP contribution in [0, 0.1) is 6.92 Å². The van der Waals surface area contributed by atoms with E-state index in [-0.39, 0.29) is 18.0 Å². The standard InChI is InChI=1S/C11H17N3O3/c1-4-16-11(15)10-13-12-8(3)14(10)9-5-6-17-7(9)2/h7,9H,4-6H2,1-3H3. The number of nitrogens with zero attached hydrogens (tertiary/aromatic N) is 3. The Morgan fingerprint density at radius 2 is 2.35 bits per heavy atom. The average Bonchev–Trinajstić information content (AvgIpc) is 2.85. The largest absolute Gasteiger partial charge is 0.460 e. The first-order valence-electron chi connectivity index (χ1n) is 5.85. The van der Waals surface area contributed by atoms with Gasteiger partial charge in [0.2, 0.25) is 5.82 Å². The minimum atomic E-state index is -0.424. The number of ether oxygens (including phenoxy) is 2. The van der Waals surface area contributed by atoms with Crippen LogP contribution >= 0.6 is 0 Å². The highest BCUT2D eigenvalue weighted by Gasteiger charge is 2.31. The van der Waals surface area contributed by atoms with E-state index in [9.17, 15) is 4.79 Å². The monoisotopic (exact) mass is 239 g/mol. The topological polar surface area (TPSA) is 66.2 Å². The van der Waals surface area contributed by atoms with Crippen molar-refractivity contribution in [3.05, 3.63) is 11.6 Å². The maximum atomic E-state index is 11.8. The number of hydrogen-bond donors (Lipinski definition) is 0. The molecule has 1 aliphatic heterocycles. The molecule has 2 unspecified atom stereocenters. The summed E-state index contributed by atoms with van der Waals surface area (Å²) in [5.41, 5.74) is 0. The maximum Gasteiger partial charge on any atom is 0.376 e. The van der Waals surface area contributed by atoms with E-state index in [1.54, 1.807) is 6.92 Å². The van der Waals surface area contributed by atoms with Crippen molar-refractivity contribution >= 4 is 5.97 Å². The van der Waals surface area contributed by atoms with E-state index in [0.29, 0.717) is 13.2 Å². The predicted octanol–water partition coefficient (Wildman–Crippen LogP) is 1.11. The van der Waals surface area contributed by atoms with Gasteiger partial charge in [0.05, 0.1) is 18.8 Å². The molecule has 1 aromatic heterocycles. The molecule has 2 rings (SSSR count). The smallest absolute Gasteiger partial charge is 0.376 e. The number of aryl methyl sites for hydroxylation is 1. The lowest BCUT2D eigenvalue weighted by Gasteiger charge is -2.18. The third kappa shape index (κ3) is 2.17. The molecule has 17 heavy (non-hydrogen) atoms. The summed E-state index contributed by atoms with van der Waals surface area (Å²) in [5.74, 6) is 0.564. The van der Waals surface area contributed by atoms with E-state index in [1.807, 2.05) is 18.4 Å². The van der Waals surface area contributed by atoms with Gasteiger partial charge in [-0.25, -0.2) is 4.79 Å². The molecule has 0 radical (unpaired) electrons. The quantitative estimate of drug-likeness (QED) is 0.739. The van der Waals surface area contributed by atoms with Gasteiger partial charge in [-0.15, -0.1) is 10.2 Å². The fourth-order valence-corrected chi connectivity index (χ4v) is 2.16. The van der Waals surface area contributed by atoms with Crippen LogP contribution in [0.2, 0.25) is 0 Å². The van der Waals surface area contributed by atoms with Gasteiger partial charge in [0.15, 0.2) is 0 Å². The molecule has 1 aliphatic rings. The van der Waals surface area contributed by atoms with Crippen LogP contribution in [0.1, 0.15) is 42.8 Å². The summed E-state index contributed by atoms with van der Waals surface area (Å²) >= 11 is 0. The van der Waals surface area contributed by atoms with Crippen molar-refractivity contribution in [1.82, 2.24) is 14.8 Å². The zero-order valence-corrected chi connectivity index (χ0v) is 10.3. The fourth-order valence-electron chi connectivity index (χ4n) is 2.16. The minimum Gasteiger partial charge on any atom is -0.460 e. The molecule has 2 atom stereocenters. The normalized spacial score (nSPS) is 23.9. The van der Waals surface area contributed by atoms with Gasteiger partial charge in [-0.05, 0) is 27.2 Å². The van der Waals surface area contributed by atoms with E-state index >= 15 is 0 Å². The van der Waals surface area contributed by atoms with Gasteiger partial charge in [-0.2, -0.15) is 0 Å². The number of rotatable bonds is 3. The second-order valence-electron chi connectivity index (χ2n) is 4.09. The van der Waals surface area contributed by atoms with Crippen LogP contribution in [-0.2, 0) is 9.47 Å². The van der Waals surface area contributed by atoms with Crippen molar-refractivity contribution in [2.24, 2.45) is 0 Å². The van der Waals surface area contributed by atoms with Crippen LogP contribution in [0.5, 0.6) is 0 Å².